The lowest BCUT2D eigenvalue weighted by atomic mass is 10.1. The molecule has 23 heavy (non-hydrogen) atoms. The molecule has 1 aromatic carbocycles. The van der Waals surface area contributed by atoms with E-state index in [0.29, 0.717) is 6.61 Å². The fourth-order valence-corrected chi connectivity index (χ4v) is 2.72. The summed E-state index contributed by atoms with van der Waals surface area (Å²) in [5.74, 6) is 0.603. The first-order valence-corrected chi connectivity index (χ1v) is 8.69. The van der Waals surface area contributed by atoms with Gasteiger partial charge in [-0.05, 0) is 68.8 Å². The first-order valence-electron chi connectivity index (χ1n) is 7.81. The second-order valence-electron chi connectivity index (χ2n) is 6.09. The van der Waals surface area contributed by atoms with Crippen LogP contribution >= 0.6 is 11.3 Å². The van der Waals surface area contributed by atoms with Gasteiger partial charge in [0.25, 0.3) is 0 Å². The molecule has 0 aliphatic heterocycles. The highest BCUT2D eigenvalue weighted by molar-refractivity contribution is 7.09. The lowest BCUT2D eigenvalue weighted by Gasteiger charge is -2.17. The van der Waals surface area contributed by atoms with Gasteiger partial charge in [0.05, 0.1) is 12.1 Å². The summed E-state index contributed by atoms with van der Waals surface area (Å²) in [5, 5.41) is 4.89. The van der Waals surface area contributed by atoms with E-state index in [1.54, 1.807) is 25.2 Å². The number of thiophene rings is 1. The van der Waals surface area contributed by atoms with Gasteiger partial charge in [-0.2, -0.15) is 0 Å². The summed E-state index contributed by atoms with van der Waals surface area (Å²) >= 11 is 1.80. The van der Waals surface area contributed by atoms with Crippen LogP contribution in [0.5, 0.6) is 5.75 Å². The normalized spacial score (nSPS) is 11.3. The summed E-state index contributed by atoms with van der Waals surface area (Å²) in [5.41, 5.74) is 5.58. The Morgan fingerprint density at radius 2 is 1.96 bits per heavy atom. The monoisotopic (exact) mass is 332 g/mol. The molecule has 1 amide bonds. The van der Waals surface area contributed by atoms with Crippen LogP contribution in [-0.2, 0) is 11.2 Å². The zero-order valence-corrected chi connectivity index (χ0v) is 14.5. The minimum atomic E-state index is -0.891. The molecule has 3 N–H and O–H groups in total. The maximum absolute atomic E-state index is 11.8. The minimum absolute atomic E-state index is 0.209. The van der Waals surface area contributed by atoms with Crippen molar-refractivity contribution in [1.29, 1.82) is 0 Å². The van der Waals surface area contributed by atoms with E-state index in [2.05, 4.69) is 22.8 Å². The summed E-state index contributed by atoms with van der Waals surface area (Å²) in [4.78, 5) is 13.2. The van der Waals surface area contributed by atoms with Gasteiger partial charge in [-0.15, -0.1) is 11.3 Å². The van der Waals surface area contributed by atoms with Gasteiger partial charge in [-0.25, -0.2) is 0 Å². The molecule has 124 valence electrons. The summed E-state index contributed by atoms with van der Waals surface area (Å²) in [7, 11) is 0. The number of hydrogen-bond acceptors (Lipinski definition) is 4. The molecule has 4 nitrogen and oxygen atoms in total. The number of unbranched alkanes of at least 4 members (excludes halogenated alkanes) is 1. The number of nitrogens with one attached hydrogen (secondary N) is 1. The van der Waals surface area contributed by atoms with Crippen molar-refractivity contribution in [3.63, 3.8) is 0 Å². The van der Waals surface area contributed by atoms with Crippen molar-refractivity contribution in [3.8, 4) is 5.75 Å². The molecule has 0 aliphatic carbocycles. The van der Waals surface area contributed by atoms with E-state index in [0.717, 1.165) is 30.7 Å². The van der Waals surface area contributed by atoms with E-state index >= 15 is 0 Å². The molecule has 0 atom stereocenters. The number of nitrogens with two attached hydrogens (primary N) is 1. The van der Waals surface area contributed by atoms with Crippen LogP contribution < -0.4 is 15.8 Å². The molecule has 5 heteroatoms. The number of aryl methyl sites for hydroxylation is 1. The Hall–Kier alpha value is -1.85. The smallest absolute Gasteiger partial charge is 0.243 e. The second kappa shape index (κ2) is 8.13. The van der Waals surface area contributed by atoms with Gasteiger partial charge >= 0.3 is 0 Å². The Bertz CT molecular complexity index is 601. The predicted octanol–water partition coefficient (Wildman–Crippen LogP) is 3.83. The summed E-state index contributed by atoms with van der Waals surface area (Å²) in [6, 6.07) is 11.6. The molecule has 1 heterocycles. The number of anilines is 1. The number of ether oxygens (including phenoxy) is 1. The van der Waals surface area contributed by atoms with Crippen molar-refractivity contribution in [2.24, 2.45) is 5.73 Å². The average Bonchev–Trinajstić information content (AvgIpc) is 3.01. The lowest BCUT2D eigenvalue weighted by Crippen LogP contribution is -2.45. The third kappa shape index (κ3) is 6.04. The molecule has 0 radical (unpaired) electrons. The highest BCUT2D eigenvalue weighted by Gasteiger charge is 2.21. The number of rotatable bonds is 8. The van der Waals surface area contributed by atoms with Crippen LogP contribution in [0, 0.1) is 0 Å². The van der Waals surface area contributed by atoms with Crippen LogP contribution in [0.2, 0.25) is 0 Å². The Morgan fingerprint density at radius 3 is 2.57 bits per heavy atom. The molecule has 0 aliphatic rings. The largest absolute Gasteiger partial charge is 0.494 e. The third-order valence-electron chi connectivity index (χ3n) is 3.36. The minimum Gasteiger partial charge on any atom is -0.494 e. The number of hydrogen-bond donors (Lipinski definition) is 2. The van der Waals surface area contributed by atoms with Crippen LogP contribution in [-0.4, -0.2) is 18.1 Å². The first-order chi connectivity index (χ1) is 10.9. The van der Waals surface area contributed by atoms with E-state index < -0.39 is 5.54 Å². The standard InChI is InChI=1S/C18H24N2O2S/c1-18(2,19)17(21)20-14-8-10-15(11-9-14)22-12-4-3-6-16-7-5-13-23-16/h5,7-11,13H,3-4,6,12,19H2,1-2H3,(H,20,21). The molecule has 2 rings (SSSR count). The van der Waals surface area contributed by atoms with Crippen LogP contribution in [0.15, 0.2) is 41.8 Å². The quantitative estimate of drug-likeness (QED) is 0.722. The SMILES string of the molecule is CC(C)(N)C(=O)Nc1ccc(OCCCCc2cccs2)cc1. The fraction of sp³-hybridized carbons (Fsp3) is 0.389. The number of amides is 1. The molecule has 0 spiro atoms. The van der Waals surface area contributed by atoms with Crippen molar-refractivity contribution >= 4 is 22.9 Å². The molecular formula is C18H24N2O2S. The van der Waals surface area contributed by atoms with Gasteiger partial charge in [-0.3, -0.25) is 4.79 Å². The van der Waals surface area contributed by atoms with Crippen molar-refractivity contribution in [2.45, 2.75) is 38.6 Å². The van der Waals surface area contributed by atoms with Gasteiger partial charge < -0.3 is 15.8 Å². The van der Waals surface area contributed by atoms with Gasteiger partial charge in [0.2, 0.25) is 5.91 Å². The van der Waals surface area contributed by atoms with E-state index in [9.17, 15) is 4.79 Å². The van der Waals surface area contributed by atoms with E-state index in [4.69, 9.17) is 10.5 Å². The number of carbonyl (C=O) groups excluding carboxylic acids is 1. The molecule has 1 aromatic heterocycles. The Labute approximate surface area is 141 Å². The van der Waals surface area contributed by atoms with Crippen LogP contribution in [0.25, 0.3) is 0 Å². The van der Waals surface area contributed by atoms with Crippen LogP contribution in [0.3, 0.4) is 0 Å². The Morgan fingerprint density at radius 1 is 1.22 bits per heavy atom. The van der Waals surface area contributed by atoms with Crippen molar-refractivity contribution in [2.75, 3.05) is 11.9 Å². The molecule has 0 saturated heterocycles. The highest BCUT2D eigenvalue weighted by atomic mass is 32.1. The van der Waals surface area contributed by atoms with Crippen molar-refractivity contribution in [3.05, 3.63) is 46.7 Å². The zero-order valence-electron chi connectivity index (χ0n) is 13.7. The molecule has 2 aromatic rings. The predicted molar refractivity (Wildman–Crippen MR) is 96.1 cm³/mol. The summed E-state index contributed by atoms with van der Waals surface area (Å²) in [6.45, 7) is 4.05. The number of carbonyl (C=O) groups is 1. The van der Waals surface area contributed by atoms with Crippen LogP contribution in [0.1, 0.15) is 31.6 Å². The summed E-state index contributed by atoms with van der Waals surface area (Å²) in [6.07, 6.45) is 3.26. The second-order valence-corrected chi connectivity index (χ2v) is 7.12. The molecule has 0 unspecified atom stereocenters. The maximum atomic E-state index is 11.8. The zero-order chi connectivity index (χ0) is 16.7. The molecule has 0 fully saturated rings. The maximum Gasteiger partial charge on any atom is 0.243 e. The summed E-state index contributed by atoms with van der Waals surface area (Å²) < 4.78 is 5.72. The van der Waals surface area contributed by atoms with Crippen molar-refractivity contribution < 1.29 is 9.53 Å². The van der Waals surface area contributed by atoms with Gasteiger partial charge in [0.15, 0.2) is 0 Å². The lowest BCUT2D eigenvalue weighted by molar-refractivity contribution is -0.120. The van der Waals surface area contributed by atoms with Gasteiger partial charge in [0.1, 0.15) is 5.75 Å². The van der Waals surface area contributed by atoms with Crippen molar-refractivity contribution in [1.82, 2.24) is 0 Å². The topological polar surface area (TPSA) is 64.4 Å². The van der Waals surface area contributed by atoms with E-state index in [1.165, 1.54) is 4.88 Å². The fourth-order valence-electron chi connectivity index (χ4n) is 1.97. The molecule has 0 saturated carbocycles. The average molecular weight is 332 g/mol. The molecule has 0 bridgehead atoms. The highest BCUT2D eigenvalue weighted by Crippen LogP contribution is 2.17. The molecular weight excluding hydrogens is 308 g/mol. The van der Waals surface area contributed by atoms with Crippen LogP contribution in [0.4, 0.5) is 5.69 Å². The third-order valence-corrected chi connectivity index (χ3v) is 4.30. The van der Waals surface area contributed by atoms with E-state index in [1.807, 2.05) is 24.3 Å². The van der Waals surface area contributed by atoms with E-state index in [-0.39, 0.29) is 5.91 Å². The first kappa shape index (κ1) is 17.5. The van der Waals surface area contributed by atoms with Gasteiger partial charge in [-0.1, -0.05) is 6.07 Å². The Balaban J connectivity index is 1.69. The van der Waals surface area contributed by atoms with Gasteiger partial charge in [0, 0.05) is 10.6 Å². The Kier molecular flexibility index (Phi) is 6.19. The number of benzene rings is 1.